The zero-order valence-corrected chi connectivity index (χ0v) is 12.7. The van der Waals surface area contributed by atoms with E-state index in [0.717, 1.165) is 11.3 Å². The van der Waals surface area contributed by atoms with Gasteiger partial charge in [-0.15, -0.1) is 0 Å². The number of carbonyl (C=O) groups is 1. The molecule has 1 atom stereocenters. The zero-order valence-electron chi connectivity index (χ0n) is 11.2. The summed E-state index contributed by atoms with van der Waals surface area (Å²) in [6.45, 7) is 5.45. The number of nitrogens with one attached hydrogen (secondary N) is 1. The third-order valence-electron chi connectivity index (χ3n) is 2.90. The monoisotopic (exact) mass is 313 g/mol. The maximum atomic E-state index is 12.2. The summed E-state index contributed by atoms with van der Waals surface area (Å²) in [6.07, 6.45) is 0. The first-order chi connectivity index (χ1) is 9.40. The van der Waals surface area contributed by atoms with Crippen LogP contribution in [0.5, 0.6) is 0 Å². The van der Waals surface area contributed by atoms with Crippen LogP contribution in [-0.2, 0) is 0 Å². The lowest BCUT2D eigenvalue weighted by molar-refractivity contribution is 0.0935. The molecule has 106 valence electrons. The number of pyridine rings is 1. The molecule has 0 aliphatic heterocycles. The second-order valence-corrected chi connectivity index (χ2v) is 5.19. The minimum atomic E-state index is -0.398. The van der Waals surface area contributed by atoms with Gasteiger partial charge >= 0.3 is 0 Å². The van der Waals surface area contributed by atoms with Crippen molar-refractivity contribution in [2.24, 2.45) is 0 Å². The molecular formula is C13H13Cl2N3O2. The molecule has 1 N–H and O–H groups in total. The van der Waals surface area contributed by atoms with Crippen LogP contribution in [0.2, 0.25) is 10.2 Å². The molecule has 20 heavy (non-hydrogen) atoms. The van der Waals surface area contributed by atoms with Gasteiger partial charge in [-0.05, 0) is 32.9 Å². The molecule has 1 unspecified atom stereocenters. The van der Waals surface area contributed by atoms with E-state index in [4.69, 9.17) is 27.7 Å². The SMILES string of the molecule is Cc1noc(C)c1C(C)NC(=O)c1nc(Cl)ccc1Cl. The van der Waals surface area contributed by atoms with Crippen molar-refractivity contribution in [3.63, 3.8) is 0 Å². The lowest BCUT2D eigenvalue weighted by atomic mass is 10.1. The van der Waals surface area contributed by atoms with Gasteiger partial charge in [-0.1, -0.05) is 28.4 Å². The number of nitrogens with zero attached hydrogens (tertiary/aromatic N) is 2. The Bertz CT molecular complexity index is 636. The summed E-state index contributed by atoms with van der Waals surface area (Å²) in [7, 11) is 0. The number of carbonyl (C=O) groups excluding carboxylic acids is 1. The van der Waals surface area contributed by atoms with Crippen molar-refractivity contribution in [2.75, 3.05) is 0 Å². The van der Waals surface area contributed by atoms with Gasteiger partial charge in [0.2, 0.25) is 0 Å². The molecule has 2 aromatic heterocycles. The minimum absolute atomic E-state index is 0.0952. The van der Waals surface area contributed by atoms with Crippen molar-refractivity contribution in [1.82, 2.24) is 15.5 Å². The van der Waals surface area contributed by atoms with Crippen LogP contribution >= 0.6 is 23.2 Å². The van der Waals surface area contributed by atoms with Crippen molar-refractivity contribution in [2.45, 2.75) is 26.8 Å². The summed E-state index contributed by atoms with van der Waals surface area (Å²) < 4.78 is 5.08. The first-order valence-electron chi connectivity index (χ1n) is 5.95. The molecule has 2 aromatic rings. The average molecular weight is 314 g/mol. The molecule has 2 heterocycles. The largest absolute Gasteiger partial charge is 0.361 e. The maximum absolute atomic E-state index is 12.2. The van der Waals surface area contributed by atoms with Crippen molar-refractivity contribution < 1.29 is 9.32 Å². The summed E-state index contributed by atoms with van der Waals surface area (Å²) >= 11 is 11.7. The number of amides is 1. The van der Waals surface area contributed by atoms with Crippen molar-refractivity contribution in [3.8, 4) is 0 Å². The van der Waals surface area contributed by atoms with Crippen LogP contribution in [0.4, 0.5) is 0 Å². The molecule has 0 fully saturated rings. The molecule has 0 spiro atoms. The van der Waals surface area contributed by atoms with E-state index in [2.05, 4.69) is 15.5 Å². The Morgan fingerprint density at radius 2 is 2.05 bits per heavy atom. The number of halogens is 2. The Kier molecular flexibility index (Phi) is 4.30. The van der Waals surface area contributed by atoms with Crippen LogP contribution in [0.3, 0.4) is 0 Å². The average Bonchev–Trinajstić information content (AvgIpc) is 2.71. The van der Waals surface area contributed by atoms with E-state index < -0.39 is 5.91 Å². The summed E-state index contributed by atoms with van der Waals surface area (Å²) in [5, 5.41) is 7.12. The Balaban J connectivity index is 2.22. The minimum Gasteiger partial charge on any atom is -0.361 e. The van der Waals surface area contributed by atoms with Crippen molar-refractivity contribution >= 4 is 29.1 Å². The van der Waals surface area contributed by atoms with Gasteiger partial charge in [-0.2, -0.15) is 0 Å². The highest BCUT2D eigenvalue weighted by atomic mass is 35.5. The van der Waals surface area contributed by atoms with E-state index in [1.54, 1.807) is 6.92 Å². The Hall–Kier alpha value is -1.59. The van der Waals surface area contributed by atoms with Gasteiger partial charge in [0.05, 0.1) is 16.8 Å². The summed E-state index contributed by atoms with van der Waals surface area (Å²) in [5.74, 6) is 0.269. The number of aryl methyl sites for hydroxylation is 2. The zero-order chi connectivity index (χ0) is 14.9. The molecule has 0 bridgehead atoms. The number of hydrogen-bond acceptors (Lipinski definition) is 4. The second-order valence-electron chi connectivity index (χ2n) is 4.40. The van der Waals surface area contributed by atoms with E-state index in [1.165, 1.54) is 12.1 Å². The molecule has 7 heteroatoms. The topological polar surface area (TPSA) is 68.0 Å². The first kappa shape index (κ1) is 14.8. The maximum Gasteiger partial charge on any atom is 0.271 e. The molecule has 0 aromatic carbocycles. The summed E-state index contributed by atoms with van der Waals surface area (Å²) in [4.78, 5) is 16.1. The standard InChI is InChI=1S/C13H13Cl2N3O2/c1-6(11-7(2)18-20-8(11)3)16-13(19)12-9(14)4-5-10(15)17-12/h4-6H,1-3H3,(H,16,19). The van der Waals surface area contributed by atoms with E-state index in [9.17, 15) is 4.79 Å². The highest BCUT2D eigenvalue weighted by molar-refractivity contribution is 6.34. The molecule has 0 saturated heterocycles. The van der Waals surface area contributed by atoms with Crippen molar-refractivity contribution in [3.05, 3.63) is 45.0 Å². The fourth-order valence-electron chi connectivity index (χ4n) is 2.02. The molecule has 0 aliphatic rings. The Labute approximate surface area is 126 Å². The summed E-state index contributed by atoms with van der Waals surface area (Å²) in [6, 6.07) is 2.79. The summed E-state index contributed by atoms with van der Waals surface area (Å²) in [5.41, 5.74) is 1.68. The van der Waals surface area contributed by atoms with Gasteiger partial charge in [0.15, 0.2) is 0 Å². The van der Waals surface area contributed by atoms with Crippen LogP contribution < -0.4 is 5.32 Å². The smallest absolute Gasteiger partial charge is 0.271 e. The first-order valence-corrected chi connectivity index (χ1v) is 6.71. The fourth-order valence-corrected chi connectivity index (χ4v) is 2.36. The lowest BCUT2D eigenvalue weighted by Gasteiger charge is -2.14. The van der Waals surface area contributed by atoms with Crippen LogP contribution in [0.1, 0.15) is 40.5 Å². The fraction of sp³-hybridized carbons (Fsp3) is 0.308. The molecule has 2 rings (SSSR count). The predicted molar refractivity (Wildman–Crippen MR) is 76.1 cm³/mol. The van der Waals surface area contributed by atoms with Gasteiger partial charge in [-0.25, -0.2) is 4.98 Å². The molecule has 0 radical (unpaired) electrons. The van der Waals surface area contributed by atoms with Crippen LogP contribution in [-0.4, -0.2) is 16.0 Å². The number of aromatic nitrogens is 2. The van der Waals surface area contributed by atoms with Crippen LogP contribution in [0.15, 0.2) is 16.7 Å². The highest BCUT2D eigenvalue weighted by Gasteiger charge is 2.21. The second kappa shape index (κ2) is 5.81. The number of hydrogen-bond donors (Lipinski definition) is 1. The third kappa shape index (κ3) is 2.94. The van der Waals surface area contributed by atoms with E-state index in [1.807, 2.05) is 13.8 Å². The van der Waals surface area contributed by atoms with E-state index in [-0.39, 0.29) is 21.9 Å². The van der Waals surface area contributed by atoms with Gasteiger partial charge in [-0.3, -0.25) is 4.79 Å². The quantitative estimate of drug-likeness (QED) is 0.881. The highest BCUT2D eigenvalue weighted by Crippen LogP contribution is 2.22. The van der Waals surface area contributed by atoms with Gasteiger partial charge < -0.3 is 9.84 Å². The normalized spacial score (nSPS) is 12.2. The molecule has 0 aliphatic carbocycles. The van der Waals surface area contributed by atoms with Gasteiger partial charge in [0, 0.05) is 5.56 Å². The molecule has 1 amide bonds. The van der Waals surface area contributed by atoms with E-state index >= 15 is 0 Å². The molecular weight excluding hydrogens is 301 g/mol. The molecule has 0 saturated carbocycles. The van der Waals surface area contributed by atoms with Gasteiger partial charge in [0.25, 0.3) is 5.91 Å². The Morgan fingerprint density at radius 3 is 2.65 bits per heavy atom. The number of rotatable bonds is 3. The predicted octanol–water partition coefficient (Wildman–Crippen LogP) is 3.48. The molecule has 5 nitrogen and oxygen atoms in total. The van der Waals surface area contributed by atoms with Gasteiger partial charge in [0.1, 0.15) is 16.6 Å². The van der Waals surface area contributed by atoms with E-state index in [0.29, 0.717) is 5.76 Å². The third-order valence-corrected chi connectivity index (χ3v) is 3.41. The van der Waals surface area contributed by atoms with Crippen molar-refractivity contribution in [1.29, 1.82) is 0 Å². The van der Waals surface area contributed by atoms with Crippen LogP contribution in [0.25, 0.3) is 0 Å². The lowest BCUT2D eigenvalue weighted by Crippen LogP contribution is -2.28. The Morgan fingerprint density at radius 1 is 1.35 bits per heavy atom. The van der Waals surface area contributed by atoms with Crippen LogP contribution in [0, 0.1) is 13.8 Å².